The minimum Gasteiger partial charge on any atom is -0.449 e. The standard InChI is InChI=1S/C18H36O.C17H34O.C16H33NO2.C14H31BO2/c1-16(2,3)12-9-10-15(19)11-13-18(7,8)14-17(4,5)6;1-16(2,3)13-9-7-8-11-15(18)12-10-14-17(4,5)6;1-15(2,3)10-8-12-17(7)14(18)19-13-9-11-16(4,5)6;1-13(2,3)9-8-11-16-15(7)17-12-10-14(4,5)6/h9-14H2,1-8H3;7-14H2,1-6H3;8-13H2,1-7H3;8-12H2,1-7H3. The van der Waals surface area contributed by atoms with E-state index in [-0.39, 0.29) is 18.6 Å². The summed E-state index contributed by atoms with van der Waals surface area (Å²) in [6.45, 7) is 63.3. The predicted octanol–water partition coefficient (Wildman–Crippen LogP) is 20.9. The molecule has 0 saturated carbocycles. The number of hydrogen-bond acceptors (Lipinski definition) is 6. The maximum Gasteiger partial charge on any atom is 0.453 e. The van der Waals surface area contributed by atoms with Gasteiger partial charge < -0.3 is 18.9 Å². The van der Waals surface area contributed by atoms with Crippen LogP contribution in [0.15, 0.2) is 0 Å². The summed E-state index contributed by atoms with van der Waals surface area (Å²) in [4.78, 5) is 37.0. The van der Waals surface area contributed by atoms with E-state index >= 15 is 0 Å². The van der Waals surface area contributed by atoms with Crippen LogP contribution in [0.25, 0.3) is 0 Å². The first kappa shape index (κ1) is 78.1. The SMILES string of the molecule is CB(OCCCC(C)(C)C)OCCC(C)(C)C.CC(C)(C)CCCC(=O)CCC(C)(C)CC(C)(C)C.CC(C)(C)CCCCCC(=O)CCCC(C)(C)C.CN(CCCC(C)(C)C)C(=O)OCCCC(C)(C)C. The highest BCUT2D eigenvalue weighted by molar-refractivity contribution is 6.42. The van der Waals surface area contributed by atoms with E-state index < -0.39 is 0 Å². The molecule has 0 aliphatic heterocycles. The summed E-state index contributed by atoms with van der Waals surface area (Å²) >= 11 is 0. The molecular weight excluding hydrogens is 902 g/mol. The summed E-state index contributed by atoms with van der Waals surface area (Å²) in [6.07, 6.45) is 21.9. The number of ketones is 2. The third-order valence-electron chi connectivity index (χ3n) is 12.4. The molecule has 0 aromatic carbocycles. The van der Waals surface area contributed by atoms with E-state index in [4.69, 9.17) is 14.0 Å². The van der Waals surface area contributed by atoms with Gasteiger partial charge >= 0.3 is 13.2 Å². The second-order valence-electron chi connectivity index (χ2n) is 32.6. The monoisotopic (exact) mass is 1040 g/mol. The van der Waals surface area contributed by atoms with E-state index in [1.807, 2.05) is 13.9 Å². The molecule has 0 unspecified atom stereocenters. The molecule has 0 rings (SSSR count). The maximum atomic E-state index is 11.9. The van der Waals surface area contributed by atoms with Crippen LogP contribution in [0.3, 0.4) is 0 Å². The molecule has 0 bridgehead atoms. The Morgan fingerprint density at radius 3 is 1.11 bits per heavy atom. The molecule has 73 heavy (non-hydrogen) atoms. The molecule has 0 aromatic heterocycles. The molecule has 0 aromatic rings. The number of Topliss-reactive ketones (excluding diaryl/α,β-unsaturated/α-hetero) is 2. The van der Waals surface area contributed by atoms with Gasteiger partial charge in [-0.05, 0) is 152 Å². The fourth-order valence-electron chi connectivity index (χ4n) is 8.28. The molecule has 0 radical (unpaired) electrons. The van der Waals surface area contributed by atoms with Crippen LogP contribution in [0.5, 0.6) is 0 Å². The third kappa shape index (κ3) is 72.7. The zero-order chi connectivity index (χ0) is 58.2. The van der Waals surface area contributed by atoms with Crippen LogP contribution < -0.4 is 0 Å². The highest BCUT2D eigenvalue weighted by Gasteiger charge is 2.26. The van der Waals surface area contributed by atoms with E-state index in [2.05, 4.69) is 180 Å². The Morgan fingerprint density at radius 2 is 0.699 bits per heavy atom. The Balaban J connectivity index is -0.000000435. The molecular formula is C65H134BNO6. The Bertz CT molecular complexity index is 1380. The first-order valence-electron chi connectivity index (χ1n) is 29.7. The zero-order valence-electron chi connectivity index (χ0n) is 55.2. The van der Waals surface area contributed by atoms with Crippen molar-refractivity contribution in [2.45, 2.75) is 322 Å². The van der Waals surface area contributed by atoms with Crippen molar-refractivity contribution in [3.63, 3.8) is 0 Å². The van der Waals surface area contributed by atoms with Gasteiger partial charge in [0.25, 0.3) is 0 Å². The Labute approximate surface area is 460 Å². The first-order valence-corrected chi connectivity index (χ1v) is 29.7. The average Bonchev–Trinajstić information content (AvgIpc) is 3.14. The van der Waals surface area contributed by atoms with Crippen molar-refractivity contribution in [3.05, 3.63) is 0 Å². The summed E-state index contributed by atoms with van der Waals surface area (Å²) in [5.74, 6) is 0.918. The van der Waals surface area contributed by atoms with Crippen molar-refractivity contribution in [2.75, 3.05) is 33.4 Å². The van der Waals surface area contributed by atoms with Crippen molar-refractivity contribution in [1.82, 2.24) is 4.90 Å². The van der Waals surface area contributed by atoms with Crippen LogP contribution in [0, 0.1) is 48.7 Å². The summed E-state index contributed by atoms with van der Waals surface area (Å²) < 4.78 is 16.5. The molecule has 0 heterocycles. The van der Waals surface area contributed by atoms with Gasteiger partial charge in [-0.25, -0.2) is 4.79 Å². The van der Waals surface area contributed by atoms with Gasteiger partial charge in [0.2, 0.25) is 0 Å². The quantitative estimate of drug-likeness (QED) is 0.0574. The predicted molar refractivity (Wildman–Crippen MR) is 324 cm³/mol. The van der Waals surface area contributed by atoms with Crippen molar-refractivity contribution >= 4 is 24.8 Å². The molecule has 0 spiro atoms. The van der Waals surface area contributed by atoms with Gasteiger partial charge in [0, 0.05) is 52.5 Å². The van der Waals surface area contributed by atoms with E-state index in [9.17, 15) is 14.4 Å². The topological polar surface area (TPSA) is 82.1 Å². The molecule has 0 aliphatic rings. The van der Waals surface area contributed by atoms with Gasteiger partial charge in [-0.3, -0.25) is 9.59 Å². The molecule has 0 atom stereocenters. The van der Waals surface area contributed by atoms with Gasteiger partial charge in [0.15, 0.2) is 0 Å². The number of unbranched alkanes of at least 4 members (excludes halogenated alkanes) is 2. The van der Waals surface area contributed by atoms with Crippen LogP contribution in [-0.2, 0) is 23.6 Å². The maximum absolute atomic E-state index is 11.9. The normalized spacial score (nSPS) is 12.9. The van der Waals surface area contributed by atoms with Crippen molar-refractivity contribution in [3.8, 4) is 0 Å². The fourth-order valence-corrected chi connectivity index (χ4v) is 8.28. The first-order chi connectivity index (χ1) is 32.5. The van der Waals surface area contributed by atoms with Gasteiger partial charge in [0.1, 0.15) is 11.6 Å². The van der Waals surface area contributed by atoms with Gasteiger partial charge in [-0.15, -0.1) is 0 Å². The number of amides is 1. The van der Waals surface area contributed by atoms with Crippen LogP contribution in [0.4, 0.5) is 4.79 Å². The van der Waals surface area contributed by atoms with Gasteiger partial charge in [0.05, 0.1) is 6.61 Å². The third-order valence-corrected chi connectivity index (χ3v) is 12.4. The molecule has 0 fully saturated rings. The van der Waals surface area contributed by atoms with Crippen molar-refractivity contribution < 1.29 is 28.4 Å². The van der Waals surface area contributed by atoms with Crippen LogP contribution in [-0.4, -0.2) is 63.1 Å². The lowest BCUT2D eigenvalue weighted by Crippen LogP contribution is -2.29. The average molecular weight is 1040 g/mol. The number of hydrogen-bond donors (Lipinski definition) is 0. The second-order valence-corrected chi connectivity index (χ2v) is 32.6. The van der Waals surface area contributed by atoms with Crippen LogP contribution in [0.2, 0.25) is 6.82 Å². The number of carbonyl (C=O) groups is 3. The Hall–Kier alpha value is -1.41. The second kappa shape index (κ2) is 37.4. The summed E-state index contributed by atoms with van der Waals surface area (Å²) in [7, 11) is 1.74. The number of rotatable bonds is 28. The molecule has 0 saturated heterocycles. The lowest BCUT2D eigenvalue weighted by molar-refractivity contribution is -0.120. The van der Waals surface area contributed by atoms with E-state index in [1.54, 1.807) is 4.90 Å². The molecule has 8 heteroatoms. The minimum atomic E-state index is -0.192. The summed E-state index contributed by atoms with van der Waals surface area (Å²) in [6, 6.07) is 0. The van der Waals surface area contributed by atoms with Crippen molar-refractivity contribution in [1.29, 1.82) is 0 Å². The Morgan fingerprint density at radius 1 is 0.356 bits per heavy atom. The fraction of sp³-hybridized carbons (Fsp3) is 0.954. The summed E-state index contributed by atoms with van der Waals surface area (Å²) in [5, 5.41) is 0. The van der Waals surface area contributed by atoms with Crippen LogP contribution in [0.1, 0.15) is 315 Å². The van der Waals surface area contributed by atoms with Gasteiger partial charge in [-0.1, -0.05) is 193 Å². The van der Waals surface area contributed by atoms with Crippen LogP contribution >= 0.6 is 0 Å². The molecule has 438 valence electrons. The minimum absolute atomic E-state index is 0.0719. The molecule has 7 nitrogen and oxygen atoms in total. The number of ether oxygens (including phenoxy) is 1. The molecule has 1 amide bonds. The highest BCUT2D eigenvalue weighted by Crippen LogP contribution is 2.37. The van der Waals surface area contributed by atoms with E-state index in [0.29, 0.717) is 61.5 Å². The largest absolute Gasteiger partial charge is 0.453 e. The number of carbonyl (C=O) groups excluding carboxylic acids is 3. The lowest BCUT2D eigenvalue weighted by atomic mass is 9.73. The highest BCUT2D eigenvalue weighted by atomic mass is 16.6. The van der Waals surface area contributed by atoms with E-state index in [1.165, 1.54) is 32.1 Å². The zero-order valence-corrected chi connectivity index (χ0v) is 55.2. The summed E-state index contributed by atoms with van der Waals surface area (Å²) in [5.41, 5.74) is 3.17. The lowest BCUT2D eigenvalue weighted by Gasteiger charge is -2.32. The smallest absolute Gasteiger partial charge is 0.449 e. The van der Waals surface area contributed by atoms with Crippen molar-refractivity contribution in [2.24, 2.45) is 48.7 Å². The van der Waals surface area contributed by atoms with Gasteiger partial charge in [-0.2, -0.15) is 0 Å². The van der Waals surface area contributed by atoms with E-state index in [0.717, 1.165) is 122 Å². The Kier molecular flexibility index (Phi) is 40.0. The number of nitrogens with zero attached hydrogens (tertiary/aromatic N) is 1. The molecule has 0 N–H and O–H groups in total. The molecule has 0 aliphatic carbocycles.